The number of pyridine rings is 1. The highest BCUT2D eigenvalue weighted by molar-refractivity contribution is 8.00. The van der Waals surface area contributed by atoms with E-state index < -0.39 is 5.91 Å². The number of aromatic nitrogens is 1. The highest BCUT2D eigenvalue weighted by atomic mass is 32.2. The van der Waals surface area contributed by atoms with Crippen LogP contribution in [0.25, 0.3) is 10.8 Å². The van der Waals surface area contributed by atoms with E-state index in [-0.39, 0.29) is 0 Å². The summed E-state index contributed by atoms with van der Waals surface area (Å²) in [5.41, 5.74) is 5.84. The van der Waals surface area contributed by atoms with Crippen LogP contribution in [0, 0.1) is 0 Å². The second-order valence-corrected chi connectivity index (χ2v) is 6.92. The summed E-state index contributed by atoms with van der Waals surface area (Å²) in [4.78, 5) is 16.1. The molecule has 1 amide bonds. The van der Waals surface area contributed by atoms with Gasteiger partial charge in [-0.3, -0.25) is 4.79 Å². The maximum atomic E-state index is 11.5. The number of benzene rings is 1. The number of amides is 1. The molecule has 0 aliphatic heterocycles. The van der Waals surface area contributed by atoms with Gasteiger partial charge in [-0.25, -0.2) is 4.98 Å². The molecule has 1 aliphatic rings. The Labute approximate surface area is 134 Å². The van der Waals surface area contributed by atoms with Crippen molar-refractivity contribution in [3.8, 4) is 5.75 Å². The number of rotatable bonds is 4. The molecule has 2 aromatic rings. The lowest BCUT2D eigenvalue weighted by molar-refractivity contribution is 0.0997. The Kier molecular flexibility index (Phi) is 4.52. The van der Waals surface area contributed by atoms with Crippen LogP contribution in [-0.4, -0.2) is 23.3 Å². The lowest BCUT2D eigenvalue weighted by atomic mass is 10.0. The summed E-state index contributed by atoms with van der Waals surface area (Å²) in [5, 5.41) is 3.65. The lowest BCUT2D eigenvalue weighted by Gasteiger charge is -2.21. The number of thioether (sulfide) groups is 1. The summed E-state index contributed by atoms with van der Waals surface area (Å²) < 4.78 is 5.32. The van der Waals surface area contributed by atoms with E-state index in [0.29, 0.717) is 16.6 Å². The highest BCUT2D eigenvalue weighted by Gasteiger charge is 2.18. The molecular weight excluding hydrogens is 296 g/mol. The van der Waals surface area contributed by atoms with Gasteiger partial charge in [0.2, 0.25) is 0 Å². The molecule has 1 aromatic heterocycles. The number of carbonyl (C=O) groups is 1. The van der Waals surface area contributed by atoms with Crippen molar-refractivity contribution in [2.24, 2.45) is 5.73 Å². The minimum absolute atomic E-state index is 0.412. The molecule has 5 heteroatoms. The fourth-order valence-corrected chi connectivity index (χ4v) is 4.28. The van der Waals surface area contributed by atoms with Gasteiger partial charge in [0.05, 0.1) is 12.7 Å². The molecule has 116 valence electrons. The van der Waals surface area contributed by atoms with Gasteiger partial charge in [-0.1, -0.05) is 19.3 Å². The first-order valence-electron chi connectivity index (χ1n) is 7.62. The molecule has 3 rings (SSSR count). The number of hydrogen-bond acceptors (Lipinski definition) is 4. The first-order valence-corrected chi connectivity index (χ1v) is 8.50. The van der Waals surface area contributed by atoms with Gasteiger partial charge in [-0.2, -0.15) is 0 Å². The zero-order valence-corrected chi connectivity index (χ0v) is 13.5. The molecule has 0 unspecified atom stereocenters. The fraction of sp³-hybridized carbons (Fsp3) is 0.412. The van der Waals surface area contributed by atoms with Crippen molar-refractivity contribution in [1.82, 2.24) is 4.98 Å². The van der Waals surface area contributed by atoms with Crippen LogP contribution in [-0.2, 0) is 0 Å². The Morgan fingerprint density at radius 1 is 1.32 bits per heavy atom. The third kappa shape index (κ3) is 3.04. The van der Waals surface area contributed by atoms with Gasteiger partial charge in [0.1, 0.15) is 10.8 Å². The number of fused-ring (bicyclic) bond motifs is 1. The van der Waals surface area contributed by atoms with E-state index in [1.807, 2.05) is 23.9 Å². The van der Waals surface area contributed by atoms with E-state index in [4.69, 9.17) is 10.5 Å². The van der Waals surface area contributed by atoms with E-state index in [2.05, 4.69) is 4.98 Å². The standard InChI is InChI=1S/C17H20N2O2S/c1-21-15-10-13-11(9-14(15)16(18)20)7-8-19-17(13)22-12-5-3-2-4-6-12/h7-10,12H,2-6H2,1H3,(H2,18,20). The average molecular weight is 316 g/mol. The number of ether oxygens (including phenoxy) is 1. The molecule has 0 saturated heterocycles. The SMILES string of the molecule is COc1cc2c(SC3CCCCC3)nccc2cc1C(N)=O. The van der Waals surface area contributed by atoms with E-state index in [1.165, 1.54) is 32.1 Å². The minimum Gasteiger partial charge on any atom is -0.496 e. The molecule has 0 bridgehead atoms. The van der Waals surface area contributed by atoms with Crippen molar-refractivity contribution in [1.29, 1.82) is 0 Å². The zero-order chi connectivity index (χ0) is 15.5. The molecule has 0 radical (unpaired) electrons. The van der Waals surface area contributed by atoms with Crippen molar-refractivity contribution in [2.75, 3.05) is 7.11 Å². The number of primary amides is 1. The number of nitrogens with two attached hydrogens (primary N) is 1. The number of carbonyl (C=O) groups excluding carboxylic acids is 1. The largest absolute Gasteiger partial charge is 0.496 e. The zero-order valence-electron chi connectivity index (χ0n) is 12.7. The Balaban J connectivity index is 2.01. The normalized spacial score (nSPS) is 15.9. The third-order valence-electron chi connectivity index (χ3n) is 4.14. The summed E-state index contributed by atoms with van der Waals surface area (Å²) in [6.07, 6.45) is 8.24. The molecule has 4 nitrogen and oxygen atoms in total. The van der Waals surface area contributed by atoms with Crippen LogP contribution in [0.5, 0.6) is 5.75 Å². The topological polar surface area (TPSA) is 65.2 Å². The molecule has 22 heavy (non-hydrogen) atoms. The highest BCUT2D eigenvalue weighted by Crippen LogP contribution is 2.37. The smallest absolute Gasteiger partial charge is 0.252 e. The lowest BCUT2D eigenvalue weighted by Crippen LogP contribution is -2.12. The maximum absolute atomic E-state index is 11.5. The second kappa shape index (κ2) is 6.57. The van der Waals surface area contributed by atoms with Crippen LogP contribution < -0.4 is 10.5 Å². The summed E-state index contributed by atoms with van der Waals surface area (Å²) in [6, 6.07) is 5.59. The maximum Gasteiger partial charge on any atom is 0.252 e. The molecule has 0 atom stereocenters. The predicted molar refractivity (Wildman–Crippen MR) is 89.5 cm³/mol. The minimum atomic E-state index is -0.475. The molecule has 1 saturated carbocycles. The van der Waals surface area contributed by atoms with Gasteiger partial charge < -0.3 is 10.5 Å². The van der Waals surface area contributed by atoms with Crippen LogP contribution in [0.2, 0.25) is 0 Å². The Morgan fingerprint density at radius 2 is 2.09 bits per heavy atom. The molecular formula is C17H20N2O2S. The van der Waals surface area contributed by atoms with Gasteiger partial charge in [0.15, 0.2) is 0 Å². The van der Waals surface area contributed by atoms with Gasteiger partial charge in [-0.05, 0) is 36.4 Å². The number of methoxy groups -OCH3 is 1. The Bertz CT molecular complexity index is 696. The third-order valence-corrected chi connectivity index (χ3v) is 5.50. The van der Waals surface area contributed by atoms with Crippen LogP contribution in [0.1, 0.15) is 42.5 Å². The molecule has 2 N–H and O–H groups in total. The van der Waals surface area contributed by atoms with Crippen LogP contribution >= 0.6 is 11.8 Å². The summed E-state index contributed by atoms with van der Waals surface area (Å²) in [5.74, 6) is 0.0375. The fourth-order valence-electron chi connectivity index (χ4n) is 2.97. The van der Waals surface area contributed by atoms with E-state index in [1.54, 1.807) is 19.4 Å². The monoisotopic (exact) mass is 316 g/mol. The van der Waals surface area contributed by atoms with E-state index in [0.717, 1.165) is 15.8 Å². The van der Waals surface area contributed by atoms with Crippen molar-refractivity contribution < 1.29 is 9.53 Å². The summed E-state index contributed by atoms with van der Waals surface area (Å²) >= 11 is 1.84. The van der Waals surface area contributed by atoms with Crippen LogP contribution in [0.15, 0.2) is 29.4 Å². The van der Waals surface area contributed by atoms with Crippen LogP contribution in [0.3, 0.4) is 0 Å². The average Bonchev–Trinajstić information content (AvgIpc) is 2.55. The predicted octanol–water partition coefficient (Wildman–Crippen LogP) is 3.77. The van der Waals surface area contributed by atoms with E-state index >= 15 is 0 Å². The summed E-state index contributed by atoms with van der Waals surface area (Å²) in [6.45, 7) is 0. The second-order valence-electron chi connectivity index (χ2n) is 5.63. The summed E-state index contributed by atoms with van der Waals surface area (Å²) in [7, 11) is 1.55. The van der Waals surface area contributed by atoms with Gasteiger partial charge in [0, 0.05) is 16.8 Å². The first-order chi connectivity index (χ1) is 10.7. The molecule has 1 fully saturated rings. The molecule has 1 aromatic carbocycles. The Morgan fingerprint density at radius 3 is 2.77 bits per heavy atom. The Hall–Kier alpha value is -1.75. The van der Waals surface area contributed by atoms with Crippen LogP contribution in [0.4, 0.5) is 0 Å². The van der Waals surface area contributed by atoms with Gasteiger partial charge in [-0.15, -0.1) is 11.8 Å². The van der Waals surface area contributed by atoms with Crippen molar-refractivity contribution in [2.45, 2.75) is 42.4 Å². The van der Waals surface area contributed by atoms with Crippen molar-refractivity contribution in [3.63, 3.8) is 0 Å². The van der Waals surface area contributed by atoms with Crippen molar-refractivity contribution >= 4 is 28.4 Å². The number of nitrogens with zero attached hydrogens (tertiary/aromatic N) is 1. The van der Waals surface area contributed by atoms with Gasteiger partial charge in [0.25, 0.3) is 5.91 Å². The van der Waals surface area contributed by atoms with E-state index in [9.17, 15) is 4.79 Å². The molecule has 1 aliphatic carbocycles. The van der Waals surface area contributed by atoms with Crippen molar-refractivity contribution in [3.05, 3.63) is 30.0 Å². The molecule has 1 heterocycles. The first kappa shape index (κ1) is 15.2. The quantitative estimate of drug-likeness (QED) is 0.932. The molecule has 0 spiro atoms. The van der Waals surface area contributed by atoms with Gasteiger partial charge >= 0.3 is 0 Å². The number of hydrogen-bond donors (Lipinski definition) is 1.